The third kappa shape index (κ3) is 2.62. The van der Waals surface area contributed by atoms with Crippen LogP contribution in [-0.2, 0) is 10.1 Å². The molecule has 21 heavy (non-hydrogen) atoms. The van der Waals surface area contributed by atoms with Crippen LogP contribution in [0.1, 0.15) is 35.2 Å². The van der Waals surface area contributed by atoms with Crippen LogP contribution in [0.15, 0.2) is 30.4 Å². The number of hydrogen-bond acceptors (Lipinski definition) is 4. The van der Waals surface area contributed by atoms with Crippen molar-refractivity contribution in [1.82, 2.24) is 0 Å². The Balaban J connectivity index is 1.94. The number of carbonyl (C=O) groups is 1. The summed E-state index contributed by atoms with van der Waals surface area (Å²) in [6.07, 6.45) is 7.97. The highest BCUT2D eigenvalue weighted by molar-refractivity contribution is 7.86. The lowest BCUT2D eigenvalue weighted by molar-refractivity contribution is 0.0860. The summed E-state index contributed by atoms with van der Waals surface area (Å²) in [5.41, 5.74) is 0.828. The van der Waals surface area contributed by atoms with E-state index < -0.39 is 10.1 Å². The third-order valence-electron chi connectivity index (χ3n) is 4.42. The maximum atomic E-state index is 12.8. The Morgan fingerprint density at radius 3 is 2.67 bits per heavy atom. The highest BCUT2D eigenvalue weighted by Crippen LogP contribution is 2.51. The maximum absolute atomic E-state index is 12.8. The minimum atomic E-state index is -3.60. The van der Waals surface area contributed by atoms with E-state index >= 15 is 0 Å². The molecule has 0 aromatic heterocycles. The Bertz CT molecular complexity index is 733. The van der Waals surface area contributed by atoms with E-state index in [1.54, 1.807) is 25.1 Å². The second-order valence-corrected chi connectivity index (χ2v) is 7.69. The maximum Gasteiger partial charge on any atom is 0.306 e. The van der Waals surface area contributed by atoms with Gasteiger partial charge in [-0.1, -0.05) is 24.3 Å². The molecule has 1 aromatic carbocycles. The van der Waals surface area contributed by atoms with Gasteiger partial charge in [-0.2, -0.15) is 8.42 Å². The molecule has 3 rings (SSSR count). The Hall–Kier alpha value is -1.62. The number of carbonyl (C=O) groups excluding carboxylic acids is 1. The fourth-order valence-electron chi connectivity index (χ4n) is 3.31. The molecule has 5 heteroatoms. The minimum absolute atomic E-state index is 0.0668. The first-order valence-electron chi connectivity index (χ1n) is 7.03. The Kier molecular flexibility index (Phi) is 3.20. The van der Waals surface area contributed by atoms with Gasteiger partial charge >= 0.3 is 10.1 Å². The van der Waals surface area contributed by atoms with E-state index in [-0.39, 0.29) is 16.9 Å². The number of Topliss-reactive ketones (excluding diaryl/α,β-unsaturated/α-hetero) is 1. The molecule has 2 aliphatic carbocycles. The van der Waals surface area contributed by atoms with Gasteiger partial charge in [-0.25, -0.2) is 0 Å². The number of benzene rings is 1. The van der Waals surface area contributed by atoms with Crippen LogP contribution in [0, 0.1) is 18.3 Å². The number of allylic oxidation sites excluding steroid dienone is 2. The molecule has 4 nitrogen and oxygen atoms in total. The van der Waals surface area contributed by atoms with Crippen molar-refractivity contribution in [3.8, 4) is 5.75 Å². The van der Waals surface area contributed by atoms with Crippen molar-refractivity contribution in [3.05, 3.63) is 41.5 Å². The number of hydrogen-bond donors (Lipinski definition) is 0. The molecule has 0 N–H and O–H groups in total. The van der Waals surface area contributed by atoms with Crippen molar-refractivity contribution < 1.29 is 17.4 Å². The van der Waals surface area contributed by atoms with Crippen molar-refractivity contribution in [3.63, 3.8) is 0 Å². The Morgan fingerprint density at radius 2 is 2.14 bits per heavy atom. The zero-order valence-corrected chi connectivity index (χ0v) is 12.9. The third-order valence-corrected chi connectivity index (χ3v) is 4.90. The molecule has 1 fully saturated rings. The number of aryl methyl sites for hydroxylation is 1. The molecule has 2 bridgehead atoms. The van der Waals surface area contributed by atoms with Gasteiger partial charge in [-0.3, -0.25) is 4.79 Å². The SMILES string of the molecule is Cc1ccc(C(=O)C23C=CC(CC2)C3)cc1OS(C)(=O)=O. The highest BCUT2D eigenvalue weighted by atomic mass is 32.2. The van der Waals surface area contributed by atoms with Gasteiger partial charge in [0.15, 0.2) is 5.78 Å². The van der Waals surface area contributed by atoms with Crippen LogP contribution in [0.25, 0.3) is 0 Å². The van der Waals surface area contributed by atoms with Crippen molar-refractivity contribution >= 4 is 15.9 Å². The average Bonchev–Trinajstić information content (AvgIpc) is 3.00. The molecule has 0 radical (unpaired) electrons. The van der Waals surface area contributed by atoms with E-state index in [2.05, 4.69) is 6.08 Å². The summed E-state index contributed by atoms with van der Waals surface area (Å²) >= 11 is 0. The predicted molar refractivity (Wildman–Crippen MR) is 79.9 cm³/mol. The lowest BCUT2D eigenvalue weighted by Gasteiger charge is -2.22. The zero-order valence-electron chi connectivity index (χ0n) is 12.1. The summed E-state index contributed by atoms with van der Waals surface area (Å²) in [6.45, 7) is 1.76. The van der Waals surface area contributed by atoms with Crippen LogP contribution < -0.4 is 4.18 Å². The summed E-state index contributed by atoms with van der Waals surface area (Å²) in [5, 5.41) is 0. The first-order valence-corrected chi connectivity index (χ1v) is 8.85. The van der Waals surface area contributed by atoms with Gasteiger partial charge in [0.2, 0.25) is 0 Å². The number of rotatable bonds is 4. The van der Waals surface area contributed by atoms with Crippen molar-refractivity contribution in [2.75, 3.05) is 6.26 Å². The van der Waals surface area contributed by atoms with E-state index in [0.717, 1.165) is 25.5 Å². The van der Waals surface area contributed by atoms with Crippen LogP contribution in [0.3, 0.4) is 0 Å². The predicted octanol–water partition coefficient (Wildman–Crippen LogP) is 2.87. The summed E-state index contributed by atoms with van der Waals surface area (Å²) in [5.74, 6) is 0.819. The lowest BCUT2D eigenvalue weighted by Crippen LogP contribution is -2.25. The topological polar surface area (TPSA) is 60.4 Å². The molecule has 112 valence electrons. The van der Waals surface area contributed by atoms with Gasteiger partial charge in [0, 0.05) is 5.56 Å². The molecule has 2 aliphatic rings. The van der Waals surface area contributed by atoms with E-state index in [1.807, 2.05) is 6.08 Å². The fraction of sp³-hybridized carbons (Fsp3) is 0.438. The van der Waals surface area contributed by atoms with E-state index in [1.165, 1.54) is 0 Å². The normalized spacial score (nSPS) is 27.0. The molecule has 0 spiro atoms. The van der Waals surface area contributed by atoms with Crippen molar-refractivity contribution in [1.29, 1.82) is 0 Å². The molecule has 1 aromatic rings. The second-order valence-electron chi connectivity index (χ2n) is 6.11. The summed E-state index contributed by atoms with van der Waals surface area (Å²) < 4.78 is 27.6. The lowest BCUT2D eigenvalue weighted by atomic mass is 9.80. The average molecular weight is 306 g/mol. The summed E-state index contributed by atoms with van der Waals surface area (Å²) in [6, 6.07) is 5.03. The van der Waals surface area contributed by atoms with Crippen LogP contribution >= 0.6 is 0 Å². The molecule has 0 aliphatic heterocycles. The smallest absolute Gasteiger partial charge is 0.306 e. The van der Waals surface area contributed by atoms with Crippen LogP contribution in [-0.4, -0.2) is 20.5 Å². The zero-order chi connectivity index (χ0) is 15.3. The molecule has 0 heterocycles. The molecule has 2 unspecified atom stereocenters. The van der Waals surface area contributed by atoms with Crippen molar-refractivity contribution in [2.24, 2.45) is 11.3 Å². The molecule has 2 atom stereocenters. The van der Waals surface area contributed by atoms with Gasteiger partial charge in [-0.05, 0) is 43.7 Å². The van der Waals surface area contributed by atoms with Gasteiger partial charge in [0.1, 0.15) is 5.75 Å². The highest BCUT2D eigenvalue weighted by Gasteiger charge is 2.46. The first-order chi connectivity index (χ1) is 9.79. The largest absolute Gasteiger partial charge is 0.382 e. The summed E-state index contributed by atoms with van der Waals surface area (Å²) in [4.78, 5) is 12.8. The van der Waals surface area contributed by atoms with E-state index in [0.29, 0.717) is 17.0 Å². The van der Waals surface area contributed by atoms with Gasteiger partial charge in [0.05, 0.1) is 11.7 Å². The number of ketones is 1. The second kappa shape index (κ2) is 4.70. The molecular weight excluding hydrogens is 288 g/mol. The summed E-state index contributed by atoms with van der Waals surface area (Å²) in [7, 11) is -3.60. The van der Waals surface area contributed by atoms with Gasteiger partial charge < -0.3 is 4.18 Å². The molecule has 0 amide bonds. The van der Waals surface area contributed by atoms with Crippen LogP contribution in [0.5, 0.6) is 5.75 Å². The van der Waals surface area contributed by atoms with Crippen LogP contribution in [0.4, 0.5) is 0 Å². The quantitative estimate of drug-likeness (QED) is 0.487. The number of fused-ring (bicyclic) bond motifs is 2. The van der Waals surface area contributed by atoms with E-state index in [4.69, 9.17) is 4.18 Å². The van der Waals surface area contributed by atoms with Crippen molar-refractivity contribution in [2.45, 2.75) is 26.2 Å². The molecule has 1 saturated carbocycles. The van der Waals surface area contributed by atoms with Gasteiger partial charge in [0.25, 0.3) is 0 Å². The molecule has 0 saturated heterocycles. The minimum Gasteiger partial charge on any atom is -0.382 e. The first kappa shape index (κ1) is 14.3. The van der Waals surface area contributed by atoms with Crippen LogP contribution in [0.2, 0.25) is 0 Å². The Labute approximate surface area is 124 Å². The monoisotopic (exact) mass is 306 g/mol. The van der Waals surface area contributed by atoms with E-state index in [9.17, 15) is 13.2 Å². The fourth-order valence-corrected chi connectivity index (χ4v) is 3.82. The standard InChI is InChI=1S/C16H18O4S/c1-11-3-4-13(9-14(11)20-21(2,18)19)15(17)16-7-5-12(10-16)6-8-16/h3-5,7,9,12H,6,8,10H2,1-2H3. The van der Waals surface area contributed by atoms with Gasteiger partial charge in [-0.15, -0.1) is 0 Å². The molecular formula is C16H18O4S. The Morgan fingerprint density at radius 1 is 1.38 bits per heavy atom.